The fraction of sp³-hybridized carbons (Fsp3) is 0.348. The molecule has 10 nitrogen and oxygen atoms in total. The minimum absolute atomic E-state index is 0.0328. The average molecular weight is 558 g/mol. The molecule has 204 valence electrons. The summed E-state index contributed by atoms with van der Waals surface area (Å²) in [5.41, 5.74) is -0.845. The van der Waals surface area contributed by atoms with Gasteiger partial charge in [-0.2, -0.15) is 21.6 Å². The molecule has 15 heteroatoms. The zero-order valence-electron chi connectivity index (χ0n) is 19.6. The number of hydrogen-bond donors (Lipinski definition) is 3. The van der Waals surface area contributed by atoms with Crippen molar-refractivity contribution in [2.45, 2.75) is 37.7 Å². The summed E-state index contributed by atoms with van der Waals surface area (Å²) in [6, 6.07) is 3.83. The quantitative estimate of drug-likeness (QED) is 0.268. The van der Waals surface area contributed by atoms with E-state index in [2.05, 4.69) is 19.5 Å². The van der Waals surface area contributed by atoms with E-state index < -0.39 is 45.7 Å². The number of alkyl halides is 3. The number of nitrogens with one attached hydrogen (secondary N) is 1. The van der Waals surface area contributed by atoms with Gasteiger partial charge in [0.05, 0.1) is 23.8 Å². The number of aromatic nitrogens is 3. The van der Waals surface area contributed by atoms with Crippen LogP contribution in [-0.4, -0.2) is 52.6 Å². The molecule has 1 aliphatic carbocycles. The molecule has 38 heavy (non-hydrogen) atoms. The zero-order valence-corrected chi connectivity index (χ0v) is 20.4. The van der Waals surface area contributed by atoms with Crippen LogP contribution in [0.3, 0.4) is 0 Å². The van der Waals surface area contributed by atoms with Crippen molar-refractivity contribution >= 4 is 21.9 Å². The highest BCUT2D eigenvalue weighted by Crippen LogP contribution is 2.32. The second kappa shape index (κ2) is 10.8. The number of carbonyl (C=O) groups excluding carboxylic acids is 1. The van der Waals surface area contributed by atoms with E-state index in [1.165, 1.54) is 41.6 Å². The first-order valence-electron chi connectivity index (χ1n) is 11.3. The number of carbonyl (C=O) groups is 1. The van der Waals surface area contributed by atoms with Crippen molar-refractivity contribution in [3.05, 3.63) is 77.3 Å². The van der Waals surface area contributed by atoms with Gasteiger partial charge in [0.1, 0.15) is 18.0 Å². The maximum absolute atomic E-state index is 13.6. The van der Waals surface area contributed by atoms with E-state index in [1.807, 2.05) is 0 Å². The molecule has 1 saturated carbocycles. The number of aliphatic hydroxyl groups is 1. The summed E-state index contributed by atoms with van der Waals surface area (Å²) < 4.78 is 80.8. The van der Waals surface area contributed by atoms with E-state index in [1.54, 1.807) is 0 Å². The largest absolute Gasteiger partial charge is 0.419 e. The van der Waals surface area contributed by atoms with Crippen LogP contribution in [0.5, 0.6) is 0 Å². The molecule has 0 spiro atoms. The van der Waals surface area contributed by atoms with Gasteiger partial charge in [-0.25, -0.2) is 19.5 Å². The second-order valence-electron chi connectivity index (χ2n) is 8.92. The van der Waals surface area contributed by atoms with E-state index in [9.17, 15) is 35.9 Å². The monoisotopic (exact) mass is 557 g/mol. The molecule has 4 rings (SSSR count). The van der Waals surface area contributed by atoms with Crippen LogP contribution < -0.4 is 10.5 Å². The van der Waals surface area contributed by atoms with E-state index >= 15 is 0 Å². The molecule has 1 aliphatic rings. The molecule has 0 unspecified atom stereocenters. The Labute approximate surface area is 214 Å². The number of halogens is 4. The number of benzene rings is 1. The van der Waals surface area contributed by atoms with Crippen LogP contribution in [0.25, 0.3) is 0 Å². The van der Waals surface area contributed by atoms with Crippen LogP contribution in [0.1, 0.15) is 39.9 Å². The van der Waals surface area contributed by atoms with Crippen molar-refractivity contribution in [3.63, 3.8) is 0 Å². The number of nitrogens with two attached hydrogens (primary N) is 1. The maximum Gasteiger partial charge on any atom is 0.419 e. The van der Waals surface area contributed by atoms with Gasteiger partial charge in [0.15, 0.2) is 5.78 Å². The Balaban J connectivity index is 1.46. The molecule has 0 saturated heterocycles. The third kappa shape index (κ3) is 6.72. The summed E-state index contributed by atoms with van der Waals surface area (Å²) >= 11 is 0. The lowest BCUT2D eigenvalue weighted by molar-refractivity contribution is -0.140. The molecule has 3 aromatic rings. The summed E-state index contributed by atoms with van der Waals surface area (Å²) in [4.78, 5) is 21.2. The first-order valence-corrected chi connectivity index (χ1v) is 12.7. The SMILES string of the molecule is NS(=O)(=O)OC[C@H]1C[C@@H](Nc2ncncc2C(=O)c2ccn(Cc3ccc(F)c(C(F)(F)F)c3)c2)C[C@@H]1O. The molecule has 0 amide bonds. The maximum atomic E-state index is 13.6. The zero-order chi connectivity index (χ0) is 27.7. The number of ketones is 1. The molecule has 1 fully saturated rings. The van der Waals surface area contributed by atoms with Crippen molar-refractivity contribution in [2.24, 2.45) is 11.1 Å². The predicted molar refractivity (Wildman–Crippen MR) is 126 cm³/mol. The van der Waals surface area contributed by atoms with Crippen LogP contribution in [-0.2, 0) is 27.2 Å². The molecule has 0 aliphatic heterocycles. The van der Waals surface area contributed by atoms with E-state index in [-0.39, 0.29) is 48.1 Å². The molecule has 4 N–H and O–H groups in total. The predicted octanol–water partition coefficient (Wildman–Crippen LogP) is 2.49. The summed E-state index contributed by atoms with van der Waals surface area (Å²) in [6.45, 7) is -0.325. The normalized spacial score (nSPS) is 20.0. The molecule has 1 aromatic carbocycles. The molecular formula is C23H23F4N5O5S. The van der Waals surface area contributed by atoms with Crippen LogP contribution in [0, 0.1) is 11.7 Å². The van der Waals surface area contributed by atoms with Crippen molar-refractivity contribution in [3.8, 4) is 0 Å². The van der Waals surface area contributed by atoms with Gasteiger partial charge in [-0.3, -0.25) is 8.98 Å². The Morgan fingerprint density at radius 1 is 1.26 bits per heavy atom. The van der Waals surface area contributed by atoms with Gasteiger partial charge >= 0.3 is 16.5 Å². The summed E-state index contributed by atoms with van der Waals surface area (Å²) in [5, 5.41) is 18.2. The van der Waals surface area contributed by atoms with Crippen molar-refractivity contribution in [1.82, 2.24) is 14.5 Å². The van der Waals surface area contributed by atoms with Gasteiger partial charge in [-0.15, -0.1) is 0 Å². The fourth-order valence-electron chi connectivity index (χ4n) is 4.31. The lowest BCUT2D eigenvalue weighted by Crippen LogP contribution is -2.24. The Morgan fingerprint density at radius 2 is 2.03 bits per heavy atom. The lowest BCUT2D eigenvalue weighted by atomic mass is 10.1. The van der Waals surface area contributed by atoms with Crippen LogP contribution in [0.15, 0.2) is 49.2 Å². The number of aliphatic hydroxyl groups excluding tert-OH is 1. The Morgan fingerprint density at radius 3 is 2.74 bits per heavy atom. The highest BCUT2D eigenvalue weighted by molar-refractivity contribution is 7.84. The fourth-order valence-corrected chi connectivity index (χ4v) is 4.68. The van der Waals surface area contributed by atoms with Crippen LogP contribution in [0.4, 0.5) is 23.4 Å². The van der Waals surface area contributed by atoms with Gasteiger partial charge in [0.2, 0.25) is 0 Å². The number of nitrogens with zero attached hydrogens (tertiary/aromatic N) is 3. The van der Waals surface area contributed by atoms with E-state index in [0.717, 1.165) is 12.1 Å². The first kappa shape index (κ1) is 27.6. The number of rotatable bonds is 9. The number of hydrogen-bond acceptors (Lipinski definition) is 8. The Bertz CT molecular complexity index is 1430. The molecular weight excluding hydrogens is 534 g/mol. The minimum Gasteiger partial charge on any atom is -0.393 e. The van der Waals surface area contributed by atoms with Gasteiger partial charge in [-0.05, 0) is 36.6 Å². The molecule has 3 atom stereocenters. The van der Waals surface area contributed by atoms with Crippen LogP contribution in [0.2, 0.25) is 0 Å². The van der Waals surface area contributed by atoms with Gasteiger partial charge in [0.25, 0.3) is 0 Å². The summed E-state index contributed by atoms with van der Waals surface area (Å²) in [5.74, 6) is -2.15. The van der Waals surface area contributed by atoms with Gasteiger partial charge in [0, 0.05) is 42.7 Å². The summed E-state index contributed by atoms with van der Waals surface area (Å²) in [6.07, 6.45) is 0.334. The third-order valence-corrected chi connectivity index (χ3v) is 6.58. The van der Waals surface area contributed by atoms with Gasteiger partial charge < -0.3 is 15.0 Å². The van der Waals surface area contributed by atoms with Crippen molar-refractivity contribution in [2.75, 3.05) is 11.9 Å². The topological polar surface area (TPSA) is 149 Å². The highest BCUT2D eigenvalue weighted by Gasteiger charge is 2.35. The second-order valence-corrected chi connectivity index (χ2v) is 10.1. The van der Waals surface area contributed by atoms with Crippen molar-refractivity contribution < 1.29 is 40.1 Å². The standard InChI is InChI=1S/C23H23F4N5O5S/c24-19-2-1-13(5-18(19)23(25,26)27)9-32-4-3-14(10-32)21(34)17-8-29-12-30-22(17)31-16-6-15(20(33)7-16)11-37-38(28,35)36/h1-5,8,10,12,15-16,20,33H,6-7,9,11H2,(H2,28,35,36)(H,29,30,31)/t15-,16-,20+/m1/s1. The first-order chi connectivity index (χ1) is 17.8. The van der Waals surface area contributed by atoms with Crippen molar-refractivity contribution in [1.29, 1.82) is 0 Å². The van der Waals surface area contributed by atoms with E-state index in [0.29, 0.717) is 6.42 Å². The molecule has 2 heterocycles. The lowest BCUT2D eigenvalue weighted by Gasteiger charge is -2.15. The highest BCUT2D eigenvalue weighted by atomic mass is 32.2. The van der Waals surface area contributed by atoms with Crippen LogP contribution >= 0.6 is 0 Å². The Kier molecular flexibility index (Phi) is 7.83. The van der Waals surface area contributed by atoms with Gasteiger partial charge in [-0.1, -0.05) is 6.07 Å². The minimum atomic E-state index is -4.83. The third-order valence-electron chi connectivity index (χ3n) is 6.12. The average Bonchev–Trinajstić information content (AvgIpc) is 3.44. The number of anilines is 1. The molecule has 0 radical (unpaired) electrons. The molecule has 2 aromatic heterocycles. The smallest absolute Gasteiger partial charge is 0.393 e. The van der Waals surface area contributed by atoms with E-state index in [4.69, 9.17) is 5.14 Å². The Hall–Kier alpha value is -3.40. The molecule has 0 bridgehead atoms. The summed E-state index contributed by atoms with van der Waals surface area (Å²) in [7, 11) is -4.15.